The van der Waals surface area contributed by atoms with E-state index in [4.69, 9.17) is 15.2 Å². The number of amides is 1. The van der Waals surface area contributed by atoms with Crippen LogP contribution in [0.4, 0.5) is 0 Å². The fourth-order valence-electron chi connectivity index (χ4n) is 3.43. The number of carbonyl (C=O) groups is 1. The van der Waals surface area contributed by atoms with Crippen molar-refractivity contribution in [2.75, 3.05) is 53.1 Å². The molecule has 3 rings (SSSR count). The molecular weight excluding hydrogens is 326 g/mol. The van der Waals surface area contributed by atoms with Crippen molar-refractivity contribution in [3.8, 4) is 0 Å². The molecule has 0 spiro atoms. The summed E-state index contributed by atoms with van der Waals surface area (Å²) >= 11 is 1.74. The Morgan fingerprint density at radius 2 is 2.00 bits per heavy atom. The Morgan fingerprint density at radius 3 is 2.62 bits per heavy atom. The Hall–Kier alpha value is -0.990. The molecule has 7 heteroatoms. The van der Waals surface area contributed by atoms with Crippen molar-refractivity contribution in [1.29, 1.82) is 0 Å². The van der Waals surface area contributed by atoms with Crippen molar-refractivity contribution in [3.05, 3.63) is 22.4 Å². The molecule has 0 radical (unpaired) electrons. The van der Waals surface area contributed by atoms with Gasteiger partial charge in [0.2, 0.25) is 5.91 Å². The molecule has 1 aromatic heterocycles. The van der Waals surface area contributed by atoms with Gasteiger partial charge in [0.1, 0.15) is 0 Å². The van der Waals surface area contributed by atoms with E-state index in [-0.39, 0.29) is 11.9 Å². The second-order valence-corrected chi connectivity index (χ2v) is 7.61. The number of nitrogens with zero attached hydrogens (tertiary/aromatic N) is 2. The lowest BCUT2D eigenvalue weighted by molar-refractivity contribution is -0.140. The van der Waals surface area contributed by atoms with Crippen LogP contribution in [-0.4, -0.2) is 74.4 Å². The van der Waals surface area contributed by atoms with Crippen LogP contribution in [-0.2, 0) is 14.3 Å². The van der Waals surface area contributed by atoms with Crippen LogP contribution in [0.25, 0.3) is 0 Å². The maximum absolute atomic E-state index is 12.9. The maximum Gasteiger partial charge on any atom is 0.242 e. The Balaban J connectivity index is 1.70. The predicted octanol–water partition coefficient (Wildman–Crippen LogP) is 1.09. The fourth-order valence-corrected chi connectivity index (χ4v) is 4.28. The normalized spacial score (nSPS) is 22.9. The van der Waals surface area contributed by atoms with E-state index >= 15 is 0 Å². The van der Waals surface area contributed by atoms with Crippen molar-refractivity contribution in [2.45, 2.75) is 24.4 Å². The van der Waals surface area contributed by atoms with E-state index in [0.717, 1.165) is 26.3 Å². The molecule has 2 aliphatic rings. The van der Waals surface area contributed by atoms with Crippen LogP contribution in [0.5, 0.6) is 0 Å². The van der Waals surface area contributed by atoms with Crippen LogP contribution < -0.4 is 5.73 Å². The standard InChI is InChI=1S/C17H27N3O3S/c1-19(16(21)17(18)4-8-22-9-5-17)13-14(15-3-2-12-24-15)20-6-10-23-11-7-20/h2-3,12,14H,4-11,13,18H2,1H3. The average molecular weight is 353 g/mol. The minimum Gasteiger partial charge on any atom is -0.381 e. The molecule has 2 N–H and O–H groups in total. The Morgan fingerprint density at radius 1 is 1.33 bits per heavy atom. The van der Waals surface area contributed by atoms with Crippen LogP contribution in [0.15, 0.2) is 17.5 Å². The third kappa shape index (κ3) is 3.97. The van der Waals surface area contributed by atoms with Crippen molar-refractivity contribution in [3.63, 3.8) is 0 Å². The molecule has 1 unspecified atom stereocenters. The van der Waals surface area contributed by atoms with Gasteiger partial charge in [-0.15, -0.1) is 11.3 Å². The molecule has 1 atom stereocenters. The summed E-state index contributed by atoms with van der Waals surface area (Å²) in [5.74, 6) is 0.0283. The highest BCUT2D eigenvalue weighted by Crippen LogP contribution is 2.28. The molecule has 2 saturated heterocycles. The van der Waals surface area contributed by atoms with Crippen molar-refractivity contribution in [1.82, 2.24) is 9.80 Å². The van der Waals surface area contributed by atoms with Gasteiger partial charge in [0.05, 0.1) is 24.8 Å². The van der Waals surface area contributed by atoms with Gasteiger partial charge in [-0.05, 0) is 24.3 Å². The molecule has 1 amide bonds. The quantitative estimate of drug-likeness (QED) is 0.858. The highest BCUT2D eigenvalue weighted by atomic mass is 32.1. The molecule has 0 aromatic carbocycles. The summed E-state index contributed by atoms with van der Waals surface area (Å²) in [5.41, 5.74) is 5.59. The van der Waals surface area contributed by atoms with Crippen molar-refractivity contribution in [2.24, 2.45) is 5.73 Å². The van der Waals surface area contributed by atoms with E-state index in [1.807, 2.05) is 11.9 Å². The number of hydrogen-bond acceptors (Lipinski definition) is 6. The van der Waals surface area contributed by atoms with Crippen LogP contribution in [0.3, 0.4) is 0 Å². The van der Waals surface area contributed by atoms with Crippen molar-refractivity contribution < 1.29 is 14.3 Å². The number of carbonyl (C=O) groups excluding carboxylic acids is 1. The van der Waals surface area contributed by atoms with E-state index in [1.165, 1.54) is 4.88 Å². The molecule has 0 aliphatic carbocycles. The zero-order valence-corrected chi connectivity index (χ0v) is 15.1. The number of nitrogens with two attached hydrogens (primary N) is 1. The molecule has 0 bridgehead atoms. The van der Waals surface area contributed by atoms with Gasteiger partial charge < -0.3 is 20.1 Å². The number of rotatable bonds is 5. The second kappa shape index (κ2) is 7.93. The first kappa shape index (κ1) is 17.8. The van der Waals surface area contributed by atoms with Gasteiger partial charge in [0.25, 0.3) is 0 Å². The zero-order chi connectivity index (χ0) is 17.0. The third-order valence-corrected chi connectivity index (χ3v) is 5.94. The van der Waals surface area contributed by atoms with E-state index in [9.17, 15) is 4.79 Å². The predicted molar refractivity (Wildman–Crippen MR) is 94.1 cm³/mol. The molecule has 2 aliphatic heterocycles. The first-order chi connectivity index (χ1) is 11.6. The minimum absolute atomic E-state index is 0.0283. The monoisotopic (exact) mass is 353 g/mol. The van der Waals surface area contributed by atoms with Gasteiger partial charge in [-0.2, -0.15) is 0 Å². The molecule has 2 fully saturated rings. The van der Waals surface area contributed by atoms with Gasteiger partial charge in [-0.25, -0.2) is 0 Å². The number of morpholine rings is 1. The van der Waals surface area contributed by atoms with Gasteiger partial charge in [-0.3, -0.25) is 9.69 Å². The summed E-state index contributed by atoms with van der Waals surface area (Å²) in [6.07, 6.45) is 1.19. The minimum atomic E-state index is -0.780. The zero-order valence-electron chi connectivity index (χ0n) is 14.3. The van der Waals surface area contributed by atoms with E-state index < -0.39 is 5.54 Å². The van der Waals surface area contributed by atoms with Gasteiger partial charge in [-0.1, -0.05) is 6.07 Å². The second-order valence-electron chi connectivity index (χ2n) is 6.63. The Kier molecular flexibility index (Phi) is 5.89. The first-order valence-corrected chi connectivity index (χ1v) is 9.45. The SMILES string of the molecule is CN(CC(c1cccs1)N1CCOCC1)C(=O)C1(N)CCOCC1. The largest absolute Gasteiger partial charge is 0.381 e. The lowest BCUT2D eigenvalue weighted by atomic mass is 9.89. The molecule has 1 aromatic rings. The Bertz CT molecular complexity index is 525. The Labute approximate surface area is 147 Å². The number of thiophene rings is 1. The van der Waals surface area contributed by atoms with E-state index in [2.05, 4.69) is 22.4 Å². The molecule has 0 saturated carbocycles. The summed E-state index contributed by atoms with van der Waals surface area (Å²) < 4.78 is 10.8. The van der Waals surface area contributed by atoms with Crippen LogP contribution in [0, 0.1) is 0 Å². The highest BCUT2D eigenvalue weighted by molar-refractivity contribution is 7.10. The molecule has 24 heavy (non-hydrogen) atoms. The van der Waals surface area contributed by atoms with Gasteiger partial charge in [0.15, 0.2) is 0 Å². The fraction of sp³-hybridized carbons (Fsp3) is 0.706. The van der Waals surface area contributed by atoms with Crippen LogP contribution in [0.2, 0.25) is 0 Å². The number of ether oxygens (including phenoxy) is 2. The maximum atomic E-state index is 12.9. The summed E-state index contributed by atoms with van der Waals surface area (Å²) in [6.45, 7) is 5.06. The van der Waals surface area contributed by atoms with Crippen molar-refractivity contribution >= 4 is 17.2 Å². The summed E-state index contributed by atoms with van der Waals surface area (Å²) in [4.78, 5) is 18.4. The summed E-state index contributed by atoms with van der Waals surface area (Å²) in [6, 6.07) is 4.42. The van der Waals surface area contributed by atoms with E-state index in [0.29, 0.717) is 32.6 Å². The van der Waals surface area contributed by atoms with Gasteiger partial charge in [0, 0.05) is 44.8 Å². The number of hydrogen-bond donors (Lipinski definition) is 1. The lowest BCUT2D eigenvalue weighted by Crippen LogP contribution is -2.58. The van der Waals surface area contributed by atoms with E-state index in [1.54, 1.807) is 11.3 Å². The summed E-state index contributed by atoms with van der Waals surface area (Å²) in [7, 11) is 1.87. The average Bonchev–Trinajstić information content (AvgIpc) is 3.14. The van der Waals surface area contributed by atoms with Crippen LogP contribution in [0.1, 0.15) is 23.8 Å². The molecule has 3 heterocycles. The molecular formula is C17H27N3O3S. The third-order valence-electron chi connectivity index (χ3n) is 4.96. The highest BCUT2D eigenvalue weighted by Gasteiger charge is 2.39. The number of likely N-dealkylation sites (N-methyl/N-ethyl adjacent to an activating group) is 1. The molecule has 134 valence electrons. The molecule has 6 nitrogen and oxygen atoms in total. The van der Waals surface area contributed by atoms with Crippen LogP contribution >= 0.6 is 11.3 Å². The first-order valence-electron chi connectivity index (χ1n) is 8.57. The lowest BCUT2D eigenvalue weighted by Gasteiger charge is -2.39. The van der Waals surface area contributed by atoms with Gasteiger partial charge >= 0.3 is 0 Å². The summed E-state index contributed by atoms with van der Waals surface area (Å²) in [5, 5.41) is 2.09. The smallest absolute Gasteiger partial charge is 0.242 e. The topological polar surface area (TPSA) is 68.0 Å².